The van der Waals surface area contributed by atoms with E-state index < -0.39 is 0 Å². The fourth-order valence-corrected chi connectivity index (χ4v) is 1.18. The second-order valence-corrected chi connectivity index (χ2v) is 2.43. The van der Waals surface area contributed by atoms with Gasteiger partial charge in [0.05, 0.1) is 0 Å². The minimum atomic E-state index is -0.244. The van der Waals surface area contributed by atoms with Gasteiger partial charge in [-0.2, -0.15) is 14.7 Å². The van der Waals surface area contributed by atoms with Crippen LogP contribution < -0.4 is 5.56 Å². The molecule has 0 amide bonds. The molecule has 0 saturated carbocycles. The number of hydrogen-bond donors (Lipinski definition) is 0. The van der Waals surface area contributed by atoms with E-state index in [1.54, 1.807) is 5.51 Å². The van der Waals surface area contributed by atoms with E-state index in [4.69, 9.17) is 0 Å². The third-order valence-electron chi connectivity index (χ3n) is 1.02. The molecule has 0 saturated heterocycles. The first-order chi connectivity index (χ1) is 4.88. The Morgan fingerprint density at radius 3 is 3.30 bits per heavy atom. The van der Waals surface area contributed by atoms with Crippen molar-refractivity contribution >= 4 is 16.3 Å². The Morgan fingerprint density at radius 1 is 1.60 bits per heavy atom. The summed E-state index contributed by atoms with van der Waals surface area (Å²) in [7, 11) is 0. The average Bonchev–Trinajstić information content (AvgIpc) is 2.36. The monoisotopic (exact) mass is 154 g/mol. The van der Waals surface area contributed by atoms with Crippen LogP contribution in [-0.4, -0.2) is 19.8 Å². The third-order valence-corrected chi connectivity index (χ3v) is 1.69. The Balaban J connectivity index is 3.09. The summed E-state index contributed by atoms with van der Waals surface area (Å²) in [6, 6.07) is 0. The van der Waals surface area contributed by atoms with E-state index in [1.807, 2.05) is 0 Å². The van der Waals surface area contributed by atoms with Crippen molar-refractivity contribution in [3.05, 3.63) is 22.1 Å². The molecule has 0 radical (unpaired) electrons. The van der Waals surface area contributed by atoms with E-state index in [-0.39, 0.29) is 5.56 Å². The summed E-state index contributed by atoms with van der Waals surface area (Å²) >= 11 is 1.28. The van der Waals surface area contributed by atoms with Crippen LogP contribution in [0.25, 0.3) is 4.96 Å². The number of aromatic nitrogens is 4. The Bertz CT molecular complexity index is 405. The molecule has 0 aliphatic rings. The highest BCUT2D eigenvalue weighted by Gasteiger charge is 1.96. The van der Waals surface area contributed by atoms with Crippen molar-refractivity contribution in [2.24, 2.45) is 0 Å². The molecule has 0 aromatic carbocycles. The van der Waals surface area contributed by atoms with E-state index >= 15 is 0 Å². The first-order valence-electron chi connectivity index (χ1n) is 2.52. The van der Waals surface area contributed by atoms with Crippen LogP contribution in [0.2, 0.25) is 0 Å². The van der Waals surface area contributed by atoms with Gasteiger partial charge in [0.1, 0.15) is 11.7 Å². The SMILES string of the molecule is O=c1cnnc2scnn12. The number of nitrogens with zero attached hydrogens (tertiary/aromatic N) is 4. The Kier molecular flexibility index (Phi) is 1.01. The van der Waals surface area contributed by atoms with Crippen LogP contribution in [-0.2, 0) is 0 Å². The summed E-state index contributed by atoms with van der Waals surface area (Å²) in [4.78, 5) is 11.4. The molecule has 0 aliphatic heterocycles. The van der Waals surface area contributed by atoms with Gasteiger partial charge < -0.3 is 0 Å². The normalized spacial score (nSPS) is 10.4. The van der Waals surface area contributed by atoms with E-state index in [0.717, 1.165) is 6.20 Å². The second kappa shape index (κ2) is 1.84. The topological polar surface area (TPSA) is 60.2 Å². The van der Waals surface area contributed by atoms with Gasteiger partial charge in [0.25, 0.3) is 5.56 Å². The van der Waals surface area contributed by atoms with Crippen LogP contribution in [0.3, 0.4) is 0 Å². The van der Waals surface area contributed by atoms with E-state index in [1.165, 1.54) is 15.9 Å². The number of fused-ring (bicyclic) bond motifs is 1. The molecule has 0 spiro atoms. The molecule has 2 aromatic heterocycles. The zero-order chi connectivity index (χ0) is 6.97. The van der Waals surface area contributed by atoms with Crippen LogP contribution in [0, 0.1) is 0 Å². The first-order valence-corrected chi connectivity index (χ1v) is 3.40. The minimum absolute atomic E-state index is 0.244. The zero-order valence-electron chi connectivity index (χ0n) is 4.76. The van der Waals surface area contributed by atoms with Gasteiger partial charge in [0, 0.05) is 0 Å². The predicted octanol–water partition coefficient (Wildman–Crippen LogP) is -0.454. The highest BCUT2D eigenvalue weighted by Crippen LogP contribution is 1.98. The third kappa shape index (κ3) is 0.623. The maximum absolute atomic E-state index is 10.8. The van der Waals surface area contributed by atoms with Gasteiger partial charge in [-0.15, -0.1) is 5.10 Å². The molecule has 2 aromatic rings. The average molecular weight is 154 g/mol. The largest absolute Gasteiger partial charge is 0.293 e. The Hall–Kier alpha value is -1.30. The van der Waals surface area contributed by atoms with Gasteiger partial charge in [-0.1, -0.05) is 11.3 Å². The first kappa shape index (κ1) is 5.48. The van der Waals surface area contributed by atoms with Gasteiger partial charge >= 0.3 is 0 Å². The lowest BCUT2D eigenvalue weighted by Crippen LogP contribution is -2.13. The molecule has 0 unspecified atom stereocenters. The molecule has 6 heteroatoms. The van der Waals surface area contributed by atoms with Crippen molar-refractivity contribution < 1.29 is 0 Å². The fourth-order valence-electron chi connectivity index (χ4n) is 0.617. The maximum atomic E-state index is 10.8. The lowest BCUT2D eigenvalue weighted by molar-refractivity contribution is 0.853. The smallest absolute Gasteiger partial charge is 0.265 e. The van der Waals surface area contributed by atoms with E-state index in [9.17, 15) is 4.79 Å². The van der Waals surface area contributed by atoms with Crippen molar-refractivity contribution in [3.63, 3.8) is 0 Å². The van der Waals surface area contributed by atoms with Crippen molar-refractivity contribution in [1.29, 1.82) is 0 Å². The minimum Gasteiger partial charge on any atom is -0.265 e. The highest BCUT2D eigenvalue weighted by molar-refractivity contribution is 7.14. The quantitative estimate of drug-likeness (QED) is 0.515. The number of hydrogen-bond acceptors (Lipinski definition) is 5. The molecule has 50 valence electrons. The highest BCUT2D eigenvalue weighted by atomic mass is 32.1. The molecule has 2 rings (SSSR count). The molecule has 0 N–H and O–H groups in total. The van der Waals surface area contributed by atoms with Gasteiger partial charge in [0.2, 0.25) is 4.96 Å². The van der Waals surface area contributed by atoms with Crippen molar-refractivity contribution in [1.82, 2.24) is 19.8 Å². The summed E-state index contributed by atoms with van der Waals surface area (Å²) in [5.41, 5.74) is 1.30. The lowest BCUT2D eigenvalue weighted by atomic mass is 10.9. The van der Waals surface area contributed by atoms with Crippen LogP contribution in [0.1, 0.15) is 0 Å². The Labute approximate surface area is 59.0 Å². The number of rotatable bonds is 0. The van der Waals surface area contributed by atoms with E-state index in [0.29, 0.717) is 4.96 Å². The molecule has 2 heterocycles. The van der Waals surface area contributed by atoms with Crippen molar-refractivity contribution in [2.75, 3.05) is 0 Å². The molecule has 10 heavy (non-hydrogen) atoms. The molecule has 0 fully saturated rings. The van der Waals surface area contributed by atoms with Gasteiger partial charge in [-0.3, -0.25) is 4.79 Å². The summed E-state index contributed by atoms with van der Waals surface area (Å²) in [5.74, 6) is 0. The standard InChI is InChI=1S/C4H2N4OS/c9-3-1-5-7-4-8(3)6-2-10-4/h1-2H. The molecule has 0 atom stereocenters. The zero-order valence-corrected chi connectivity index (χ0v) is 5.58. The maximum Gasteiger partial charge on any atom is 0.293 e. The van der Waals surface area contributed by atoms with Crippen LogP contribution in [0.5, 0.6) is 0 Å². The van der Waals surface area contributed by atoms with Gasteiger partial charge in [-0.05, 0) is 0 Å². The van der Waals surface area contributed by atoms with Crippen LogP contribution >= 0.6 is 11.3 Å². The van der Waals surface area contributed by atoms with Crippen molar-refractivity contribution in [2.45, 2.75) is 0 Å². The summed E-state index contributed by atoms with van der Waals surface area (Å²) in [5, 5.41) is 10.9. The molecule has 5 nitrogen and oxygen atoms in total. The van der Waals surface area contributed by atoms with Gasteiger partial charge in [-0.25, -0.2) is 0 Å². The summed E-state index contributed by atoms with van der Waals surface area (Å²) < 4.78 is 1.21. The van der Waals surface area contributed by atoms with E-state index in [2.05, 4.69) is 15.3 Å². The van der Waals surface area contributed by atoms with Crippen molar-refractivity contribution in [3.8, 4) is 0 Å². The predicted molar refractivity (Wildman–Crippen MR) is 34.9 cm³/mol. The van der Waals surface area contributed by atoms with Crippen LogP contribution in [0.4, 0.5) is 0 Å². The fraction of sp³-hybridized carbons (Fsp3) is 0. The molecule has 0 bridgehead atoms. The lowest BCUT2D eigenvalue weighted by Gasteiger charge is -1.82. The Morgan fingerprint density at radius 2 is 2.50 bits per heavy atom. The van der Waals surface area contributed by atoms with Crippen LogP contribution in [0.15, 0.2) is 16.5 Å². The second-order valence-electron chi connectivity index (χ2n) is 1.62. The van der Waals surface area contributed by atoms with Gasteiger partial charge in [0.15, 0.2) is 0 Å². The summed E-state index contributed by atoms with van der Waals surface area (Å²) in [6.07, 6.45) is 1.13. The molecular weight excluding hydrogens is 152 g/mol. The molecule has 0 aliphatic carbocycles. The molecular formula is C4H2N4OS. The summed E-state index contributed by atoms with van der Waals surface area (Å²) in [6.45, 7) is 0.